The lowest BCUT2D eigenvalue weighted by Gasteiger charge is -2.20. The maximum atomic E-state index is 13.3. The number of ether oxygens (including phenoxy) is 2. The lowest BCUT2D eigenvalue weighted by molar-refractivity contribution is 0.00661. The molecule has 0 radical (unpaired) electrons. The van der Waals surface area contributed by atoms with Gasteiger partial charge in [-0.05, 0) is 26.8 Å². The Balaban J connectivity index is 3.12. The number of benzene rings is 1. The van der Waals surface area contributed by atoms with Crippen molar-refractivity contribution in [3.05, 3.63) is 23.5 Å². The zero-order valence-corrected chi connectivity index (χ0v) is 10.3. The van der Waals surface area contributed by atoms with Crippen molar-refractivity contribution in [1.29, 1.82) is 0 Å². The molecule has 5 heteroatoms. The van der Waals surface area contributed by atoms with Gasteiger partial charge in [-0.15, -0.1) is 0 Å². The summed E-state index contributed by atoms with van der Waals surface area (Å²) in [6, 6.07) is 2.27. The van der Waals surface area contributed by atoms with Crippen LogP contribution in [-0.4, -0.2) is 18.7 Å². The Morgan fingerprint density at radius 2 is 1.94 bits per heavy atom. The molecule has 0 spiro atoms. The molecule has 1 aromatic rings. The Hall–Kier alpha value is -1.78. The van der Waals surface area contributed by atoms with Gasteiger partial charge in [0, 0.05) is 6.07 Å². The van der Waals surface area contributed by atoms with Crippen molar-refractivity contribution in [2.24, 2.45) is 0 Å². The molecule has 1 aromatic carbocycles. The molecule has 0 aliphatic heterocycles. The second-order valence-corrected chi connectivity index (χ2v) is 4.58. The summed E-state index contributed by atoms with van der Waals surface area (Å²) in [5.74, 6) is -1.13. The highest BCUT2D eigenvalue weighted by molar-refractivity contribution is 5.93. The van der Waals surface area contributed by atoms with E-state index < -0.39 is 17.4 Å². The Morgan fingerprint density at radius 3 is 2.41 bits per heavy atom. The molecular weight excluding hydrogens is 225 g/mol. The Bertz CT molecular complexity index is 438. The molecule has 0 heterocycles. The van der Waals surface area contributed by atoms with Crippen molar-refractivity contribution in [3.8, 4) is 5.75 Å². The summed E-state index contributed by atoms with van der Waals surface area (Å²) in [6.45, 7) is 5.18. The van der Waals surface area contributed by atoms with Gasteiger partial charge in [0.15, 0.2) is 0 Å². The van der Waals surface area contributed by atoms with E-state index in [9.17, 15) is 9.18 Å². The summed E-state index contributed by atoms with van der Waals surface area (Å²) < 4.78 is 23.4. The minimum atomic E-state index is -0.674. The molecule has 0 unspecified atom stereocenters. The largest absolute Gasteiger partial charge is 0.496 e. The van der Waals surface area contributed by atoms with E-state index in [0.717, 1.165) is 6.07 Å². The van der Waals surface area contributed by atoms with Gasteiger partial charge in [-0.1, -0.05) is 0 Å². The van der Waals surface area contributed by atoms with E-state index in [4.69, 9.17) is 15.2 Å². The molecule has 0 atom stereocenters. The fourth-order valence-electron chi connectivity index (χ4n) is 1.23. The first-order chi connectivity index (χ1) is 7.74. The van der Waals surface area contributed by atoms with Gasteiger partial charge in [-0.2, -0.15) is 0 Å². The Kier molecular flexibility index (Phi) is 3.60. The molecule has 0 saturated heterocycles. The normalized spacial score (nSPS) is 11.1. The highest BCUT2D eigenvalue weighted by atomic mass is 19.1. The molecule has 0 saturated carbocycles. The predicted octanol–water partition coefficient (Wildman–Crippen LogP) is 2.37. The number of hydrogen-bond acceptors (Lipinski definition) is 4. The molecule has 1 rings (SSSR count). The van der Waals surface area contributed by atoms with Gasteiger partial charge < -0.3 is 15.2 Å². The van der Waals surface area contributed by atoms with Crippen molar-refractivity contribution in [2.75, 3.05) is 12.8 Å². The number of nitrogens with two attached hydrogens (primary N) is 1. The first-order valence-electron chi connectivity index (χ1n) is 5.11. The molecular formula is C12H16FNO3. The minimum Gasteiger partial charge on any atom is -0.496 e. The number of halogens is 1. The number of hydrogen-bond donors (Lipinski definition) is 1. The molecule has 0 aromatic heterocycles. The van der Waals surface area contributed by atoms with Crippen LogP contribution in [0.5, 0.6) is 5.75 Å². The van der Waals surface area contributed by atoms with Crippen LogP contribution in [-0.2, 0) is 4.74 Å². The summed E-state index contributed by atoms with van der Waals surface area (Å²) in [5, 5.41) is 0. The molecule has 0 aliphatic rings. The lowest BCUT2D eigenvalue weighted by atomic mass is 10.1. The maximum Gasteiger partial charge on any atom is 0.342 e. The second kappa shape index (κ2) is 4.61. The molecule has 0 amide bonds. The number of esters is 1. The second-order valence-electron chi connectivity index (χ2n) is 4.58. The van der Waals surface area contributed by atoms with Crippen LogP contribution in [0.4, 0.5) is 10.1 Å². The number of anilines is 1. The fourth-order valence-corrected chi connectivity index (χ4v) is 1.23. The van der Waals surface area contributed by atoms with Crippen molar-refractivity contribution in [1.82, 2.24) is 0 Å². The van der Waals surface area contributed by atoms with E-state index in [2.05, 4.69) is 0 Å². The van der Waals surface area contributed by atoms with Crippen molar-refractivity contribution in [2.45, 2.75) is 26.4 Å². The summed E-state index contributed by atoms with van der Waals surface area (Å²) in [7, 11) is 1.38. The number of carbonyl (C=O) groups excluding carboxylic acids is 1. The topological polar surface area (TPSA) is 61.5 Å². The van der Waals surface area contributed by atoms with Gasteiger partial charge in [0.1, 0.15) is 22.7 Å². The third kappa shape index (κ3) is 3.34. The van der Waals surface area contributed by atoms with Gasteiger partial charge in [0.25, 0.3) is 0 Å². The molecule has 17 heavy (non-hydrogen) atoms. The van der Waals surface area contributed by atoms with Gasteiger partial charge in [-0.25, -0.2) is 9.18 Å². The molecule has 2 N–H and O–H groups in total. The third-order valence-electron chi connectivity index (χ3n) is 1.94. The van der Waals surface area contributed by atoms with E-state index in [1.165, 1.54) is 13.2 Å². The van der Waals surface area contributed by atoms with Crippen LogP contribution in [0.25, 0.3) is 0 Å². The van der Waals surface area contributed by atoms with E-state index in [0.29, 0.717) is 0 Å². The van der Waals surface area contributed by atoms with Gasteiger partial charge in [-0.3, -0.25) is 0 Å². The Morgan fingerprint density at radius 1 is 1.35 bits per heavy atom. The van der Waals surface area contributed by atoms with E-state index in [1.54, 1.807) is 20.8 Å². The summed E-state index contributed by atoms with van der Waals surface area (Å²) in [5.41, 5.74) is 4.68. The first-order valence-corrected chi connectivity index (χ1v) is 5.11. The SMILES string of the molecule is COc1cc(N)c(F)cc1C(=O)OC(C)(C)C. The average molecular weight is 241 g/mol. The minimum absolute atomic E-state index is 0.0223. The third-order valence-corrected chi connectivity index (χ3v) is 1.94. The summed E-state index contributed by atoms with van der Waals surface area (Å²) in [4.78, 5) is 11.8. The fraction of sp³-hybridized carbons (Fsp3) is 0.417. The Labute approximate surface area is 99.5 Å². The van der Waals surface area contributed by atoms with E-state index >= 15 is 0 Å². The van der Waals surface area contributed by atoms with Crippen LogP contribution >= 0.6 is 0 Å². The molecule has 0 fully saturated rings. The van der Waals surface area contributed by atoms with Crippen LogP contribution in [0, 0.1) is 5.82 Å². The number of rotatable bonds is 2. The lowest BCUT2D eigenvalue weighted by Crippen LogP contribution is -2.24. The molecule has 0 bridgehead atoms. The average Bonchev–Trinajstić information content (AvgIpc) is 2.18. The standard InChI is InChI=1S/C12H16FNO3/c1-12(2,3)17-11(15)7-5-8(13)9(14)6-10(7)16-4/h5-6H,14H2,1-4H3. The zero-order chi connectivity index (χ0) is 13.2. The van der Waals surface area contributed by atoms with E-state index in [-0.39, 0.29) is 17.0 Å². The first kappa shape index (κ1) is 13.3. The van der Waals surface area contributed by atoms with Gasteiger partial charge >= 0.3 is 5.97 Å². The monoisotopic (exact) mass is 241 g/mol. The van der Waals surface area contributed by atoms with Crippen LogP contribution in [0.15, 0.2) is 12.1 Å². The van der Waals surface area contributed by atoms with Crippen LogP contribution in [0.1, 0.15) is 31.1 Å². The van der Waals surface area contributed by atoms with Crippen LogP contribution in [0.2, 0.25) is 0 Å². The highest BCUT2D eigenvalue weighted by Gasteiger charge is 2.22. The highest BCUT2D eigenvalue weighted by Crippen LogP contribution is 2.26. The molecule has 4 nitrogen and oxygen atoms in total. The summed E-state index contributed by atoms with van der Waals surface area (Å²) in [6.07, 6.45) is 0. The predicted molar refractivity (Wildman–Crippen MR) is 62.5 cm³/mol. The van der Waals surface area contributed by atoms with Crippen LogP contribution < -0.4 is 10.5 Å². The smallest absolute Gasteiger partial charge is 0.342 e. The quantitative estimate of drug-likeness (QED) is 0.637. The number of nitrogen functional groups attached to an aromatic ring is 1. The zero-order valence-electron chi connectivity index (χ0n) is 10.3. The van der Waals surface area contributed by atoms with Gasteiger partial charge in [0.05, 0.1) is 12.8 Å². The summed E-state index contributed by atoms with van der Waals surface area (Å²) >= 11 is 0. The molecule has 94 valence electrons. The van der Waals surface area contributed by atoms with Crippen molar-refractivity contribution < 1.29 is 18.7 Å². The van der Waals surface area contributed by atoms with E-state index in [1.807, 2.05) is 0 Å². The van der Waals surface area contributed by atoms with Crippen molar-refractivity contribution >= 4 is 11.7 Å². The molecule has 0 aliphatic carbocycles. The number of carbonyl (C=O) groups is 1. The van der Waals surface area contributed by atoms with Gasteiger partial charge in [0.2, 0.25) is 0 Å². The maximum absolute atomic E-state index is 13.3. The van der Waals surface area contributed by atoms with Crippen LogP contribution in [0.3, 0.4) is 0 Å². The van der Waals surface area contributed by atoms with Crippen molar-refractivity contribution in [3.63, 3.8) is 0 Å². The number of methoxy groups -OCH3 is 1.